The van der Waals surface area contributed by atoms with E-state index >= 15 is 0 Å². The highest BCUT2D eigenvalue weighted by molar-refractivity contribution is 7.92. The van der Waals surface area contributed by atoms with Gasteiger partial charge in [-0.15, -0.1) is 0 Å². The molecule has 3 rings (SSSR count). The Morgan fingerprint density at radius 2 is 1.90 bits per heavy atom. The van der Waals surface area contributed by atoms with Crippen LogP contribution in [0.3, 0.4) is 0 Å². The zero-order chi connectivity index (χ0) is 14.9. The Labute approximate surface area is 123 Å². The number of anilines is 1. The van der Waals surface area contributed by atoms with E-state index in [1.54, 1.807) is 31.5 Å². The molecular weight excluding hydrogens is 286 g/mol. The van der Waals surface area contributed by atoms with Crippen LogP contribution in [-0.4, -0.2) is 23.6 Å². The molecule has 1 aromatic carbocycles. The van der Waals surface area contributed by atoms with E-state index in [2.05, 4.69) is 9.71 Å². The van der Waals surface area contributed by atoms with E-state index in [0.717, 1.165) is 16.9 Å². The van der Waals surface area contributed by atoms with Crippen molar-refractivity contribution in [3.05, 3.63) is 54.9 Å². The maximum absolute atomic E-state index is 11.7. The number of aromatic nitrogens is 2. The normalized spacial score (nSPS) is 11.7. The first-order chi connectivity index (χ1) is 10.1. The van der Waals surface area contributed by atoms with Gasteiger partial charge < -0.3 is 0 Å². The van der Waals surface area contributed by atoms with E-state index in [1.807, 2.05) is 34.7 Å². The van der Waals surface area contributed by atoms with Crippen molar-refractivity contribution in [3.8, 4) is 11.3 Å². The molecule has 0 amide bonds. The van der Waals surface area contributed by atoms with Crippen molar-refractivity contribution in [1.29, 1.82) is 0 Å². The smallest absolute Gasteiger partial charge is 0.232 e. The van der Waals surface area contributed by atoms with Crippen molar-refractivity contribution in [2.45, 2.75) is 6.92 Å². The van der Waals surface area contributed by atoms with Crippen molar-refractivity contribution in [1.82, 2.24) is 9.38 Å². The van der Waals surface area contributed by atoms with Crippen molar-refractivity contribution in [3.63, 3.8) is 0 Å². The number of rotatable bonds is 4. The standard InChI is InChI=1S/C15H15N3O2S/c1-2-21(19,20)17-13-8-9-15-16-10-14(18(15)11-13)12-6-4-3-5-7-12/h3-11,17H,2H2,1H3. The molecule has 0 unspecified atom stereocenters. The maximum atomic E-state index is 11.7. The summed E-state index contributed by atoms with van der Waals surface area (Å²) in [5, 5.41) is 0. The molecule has 5 nitrogen and oxygen atoms in total. The van der Waals surface area contributed by atoms with Gasteiger partial charge in [0.1, 0.15) is 5.65 Å². The third kappa shape index (κ3) is 2.75. The lowest BCUT2D eigenvalue weighted by Gasteiger charge is -2.08. The minimum atomic E-state index is -3.29. The fraction of sp³-hybridized carbons (Fsp3) is 0.133. The number of imidazole rings is 1. The molecule has 0 radical (unpaired) electrons. The molecule has 0 aliphatic rings. The number of hydrogen-bond acceptors (Lipinski definition) is 3. The quantitative estimate of drug-likeness (QED) is 0.806. The maximum Gasteiger partial charge on any atom is 0.232 e. The second kappa shape index (κ2) is 5.21. The summed E-state index contributed by atoms with van der Waals surface area (Å²) in [6, 6.07) is 13.4. The average molecular weight is 301 g/mol. The van der Waals surface area contributed by atoms with Gasteiger partial charge in [0.15, 0.2) is 0 Å². The Balaban J connectivity index is 2.09. The summed E-state index contributed by atoms with van der Waals surface area (Å²) in [5.41, 5.74) is 3.25. The van der Waals surface area contributed by atoms with Crippen LogP contribution >= 0.6 is 0 Å². The number of hydrogen-bond donors (Lipinski definition) is 1. The molecule has 21 heavy (non-hydrogen) atoms. The van der Waals surface area contributed by atoms with Gasteiger partial charge in [-0.2, -0.15) is 0 Å². The summed E-state index contributed by atoms with van der Waals surface area (Å²) in [7, 11) is -3.29. The molecule has 0 fully saturated rings. The number of benzene rings is 1. The molecule has 3 aromatic rings. The molecule has 1 N–H and O–H groups in total. The van der Waals surface area contributed by atoms with Crippen LogP contribution in [0.5, 0.6) is 0 Å². The molecule has 0 atom stereocenters. The summed E-state index contributed by atoms with van der Waals surface area (Å²) in [5.74, 6) is 0.0422. The molecule has 0 saturated carbocycles. The lowest BCUT2D eigenvalue weighted by atomic mass is 10.2. The highest BCUT2D eigenvalue weighted by atomic mass is 32.2. The number of pyridine rings is 1. The SMILES string of the molecule is CCS(=O)(=O)Nc1ccc2ncc(-c3ccccc3)n2c1. The fourth-order valence-electron chi connectivity index (χ4n) is 2.12. The van der Waals surface area contributed by atoms with Crippen LogP contribution in [0.4, 0.5) is 5.69 Å². The van der Waals surface area contributed by atoms with Gasteiger partial charge in [-0.3, -0.25) is 9.12 Å². The van der Waals surface area contributed by atoms with Gasteiger partial charge in [-0.25, -0.2) is 13.4 Å². The van der Waals surface area contributed by atoms with Crippen LogP contribution in [0, 0.1) is 0 Å². The summed E-state index contributed by atoms with van der Waals surface area (Å²) >= 11 is 0. The molecule has 6 heteroatoms. The monoisotopic (exact) mass is 301 g/mol. The lowest BCUT2D eigenvalue weighted by molar-refractivity contribution is 0.602. The van der Waals surface area contributed by atoms with Crippen LogP contribution in [0.2, 0.25) is 0 Å². The second-order valence-electron chi connectivity index (χ2n) is 4.66. The molecule has 0 saturated heterocycles. The van der Waals surface area contributed by atoms with Crippen molar-refractivity contribution in [2.75, 3.05) is 10.5 Å². The number of fused-ring (bicyclic) bond motifs is 1. The minimum absolute atomic E-state index is 0.0422. The molecule has 0 bridgehead atoms. The van der Waals surface area contributed by atoms with Gasteiger partial charge in [0.05, 0.1) is 23.3 Å². The summed E-state index contributed by atoms with van der Waals surface area (Å²) < 4.78 is 27.8. The third-order valence-electron chi connectivity index (χ3n) is 3.23. The number of nitrogens with one attached hydrogen (secondary N) is 1. The first-order valence-corrected chi connectivity index (χ1v) is 8.27. The highest BCUT2D eigenvalue weighted by Crippen LogP contribution is 2.22. The molecule has 108 valence electrons. The van der Waals surface area contributed by atoms with Crippen molar-refractivity contribution in [2.24, 2.45) is 0 Å². The van der Waals surface area contributed by atoms with Crippen molar-refractivity contribution >= 4 is 21.4 Å². The van der Waals surface area contributed by atoms with Crippen LogP contribution in [0.1, 0.15) is 6.92 Å². The Morgan fingerprint density at radius 1 is 1.14 bits per heavy atom. The fourth-order valence-corrected chi connectivity index (χ4v) is 2.74. The van der Waals surface area contributed by atoms with Crippen LogP contribution in [0.15, 0.2) is 54.9 Å². The zero-order valence-electron chi connectivity index (χ0n) is 11.5. The van der Waals surface area contributed by atoms with E-state index < -0.39 is 10.0 Å². The minimum Gasteiger partial charge on any atom is -0.298 e. The van der Waals surface area contributed by atoms with Crippen LogP contribution < -0.4 is 4.72 Å². The van der Waals surface area contributed by atoms with Gasteiger partial charge in [0.25, 0.3) is 0 Å². The Bertz CT molecular complexity index is 870. The molecule has 0 aliphatic carbocycles. The van der Waals surface area contributed by atoms with Gasteiger partial charge >= 0.3 is 0 Å². The molecule has 2 heterocycles. The van der Waals surface area contributed by atoms with E-state index in [4.69, 9.17) is 0 Å². The van der Waals surface area contributed by atoms with Gasteiger partial charge in [0.2, 0.25) is 10.0 Å². The van der Waals surface area contributed by atoms with Crippen LogP contribution in [0.25, 0.3) is 16.9 Å². The van der Waals surface area contributed by atoms with E-state index in [9.17, 15) is 8.42 Å². The third-order valence-corrected chi connectivity index (χ3v) is 4.54. The summed E-state index contributed by atoms with van der Waals surface area (Å²) in [6.07, 6.45) is 3.53. The predicted octanol–water partition coefficient (Wildman–Crippen LogP) is 2.76. The number of nitrogens with zero attached hydrogens (tertiary/aromatic N) is 2. The second-order valence-corrected chi connectivity index (χ2v) is 6.67. The van der Waals surface area contributed by atoms with E-state index in [-0.39, 0.29) is 5.75 Å². The lowest BCUT2D eigenvalue weighted by Crippen LogP contribution is -2.14. The molecule has 0 aliphatic heterocycles. The average Bonchev–Trinajstić information content (AvgIpc) is 2.91. The molecule has 0 spiro atoms. The van der Waals surface area contributed by atoms with Gasteiger partial charge in [0, 0.05) is 11.8 Å². The zero-order valence-corrected chi connectivity index (χ0v) is 12.3. The van der Waals surface area contributed by atoms with E-state index in [1.165, 1.54) is 0 Å². The highest BCUT2D eigenvalue weighted by Gasteiger charge is 2.10. The van der Waals surface area contributed by atoms with Crippen LogP contribution in [-0.2, 0) is 10.0 Å². The van der Waals surface area contributed by atoms with Crippen molar-refractivity contribution < 1.29 is 8.42 Å². The topological polar surface area (TPSA) is 63.5 Å². The summed E-state index contributed by atoms with van der Waals surface area (Å²) in [4.78, 5) is 4.34. The summed E-state index contributed by atoms with van der Waals surface area (Å²) in [6.45, 7) is 1.60. The predicted molar refractivity (Wildman–Crippen MR) is 83.7 cm³/mol. The first kappa shape index (κ1) is 13.6. The van der Waals surface area contributed by atoms with Gasteiger partial charge in [-0.1, -0.05) is 30.3 Å². The largest absolute Gasteiger partial charge is 0.298 e. The molecule has 2 aromatic heterocycles. The molecular formula is C15H15N3O2S. The number of sulfonamides is 1. The Hall–Kier alpha value is -2.34. The Morgan fingerprint density at radius 3 is 2.62 bits per heavy atom. The van der Waals surface area contributed by atoms with Gasteiger partial charge in [-0.05, 0) is 19.1 Å². The van der Waals surface area contributed by atoms with E-state index in [0.29, 0.717) is 5.69 Å². The Kier molecular flexibility index (Phi) is 3.39. The first-order valence-electron chi connectivity index (χ1n) is 6.62.